The molecule has 0 atom stereocenters. The van der Waals surface area contributed by atoms with Crippen LogP contribution in [0.15, 0.2) is 24.3 Å². The van der Waals surface area contributed by atoms with Gasteiger partial charge in [-0.2, -0.15) is 0 Å². The summed E-state index contributed by atoms with van der Waals surface area (Å²) >= 11 is 1.59. The van der Waals surface area contributed by atoms with Gasteiger partial charge in [-0.3, -0.25) is 14.4 Å². The van der Waals surface area contributed by atoms with Crippen LogP contribution in [0.3, 0.4) is 0 Å². The molecule has 1 saturated carbocycles. The molecule has 2 amide bonds. The molecule has 0 aliphatic heterocycles. The summed E-state index contributed by atoms with van der Waals surface area (Å²) < 4.78 is 6.39. The number of para-hydroxylation sites is 1. The van der Waals surface area contributed by atoms with Crippen LogP contribution in [0.2, 0.25) is 0 Å². The van der Waals surface area contributed by atoms with E-state index in [0.29, 0.717) is 6.42 Å². The topological polar surface area (TPSA) is 111 Å². The molecule has 0 radical (unpaired) electrons. The van der Waals surface area contributed by atoms with Crippen molar-refractivity contribution in [1.29, 1.82) is 0 Å². The zero-order valence-electron chi connectivity index (χ0n) is 15.0. The highest BCUT2D eigenvalue weighted by Crippen LogP contribution is 2.41. The van der Waals surface area contributed by atoms with E-state index in [2.05, 4.69) is 10.3 Å². The molecule has 3 N–H and O–H groups in total. The number of hydrogen-bond donors (Lipinski definition) is 2. The number of rotatable bonds is 7. The Balaban J connectivity index is 1.69. The molecule has 0 bridgehead atoms. The summed E-state index contributed by atoms with van der Waals surface area (Å²) in [5, 5.41) is 3.23. The number of nitrogens with two attached hydrogens (primary N) is 1. The fourth-order valence-corrected chi connectivity index (χ4v) is 4.60. The number of benzene rings is 1. The third-order valence-corrected chi connectivity index (χ3v) is 5.90. The molecule has 27 heavy (non-hydrogen) atoms. The van der Waals surface area contributed by atoms with Crippen LogP contribution >= 0.6 is 11.3 Å². The van der Waals surface area contributed by atoms with E-state index in [4.69, 9.17) is 10.5 Å². The van der Waals surface area contributed by atoms with Gasteiger partial charge < -0.3 is 15.8 Å². The minimum Gasteiger partial charge on any atom is -0.455 e. The maximum absolute atomic E-state index is 12.9. The summed E-state index contributed by atoms with van der Waals surface area (Å²) in [4.78, 5) is 39.9. The van der Waals surface area contributed by atoms with E-state index in [1.807, 2.05) is 24.3 Å². The van der Waals surface area contributed by atoms with E-state index in [1.165, 1.54) is 0 Å². The van der Waals surface area contributed by atoms with Crippen molar-refractivity contribution < 1.29 is 19.1 Å². The SMILES string of the molecule is NC(=O)CNC(=O)COC(=O)C1(Cc2nc3ccccc3s2)CCCCC1. The first-order valence-corrected chi connectivity index (χ1v) is 9.87. The molecule has 0 spiro atoms. The molecule has 0 unspecified atom stereocenters. The van der Waals surface area contributed by atoms with Gasteiger partial charge >= 0.3 is 5.97 Å². The van der Waals surface area contributed by atoms with Crippen molar-refractivity contribution in [2.75, 3.05) is 13.2 Å². The number of ether oxygens (including phenoxy) is 1. The number of nitrogens with zero attached hydrogens (tertiary/aromatic N) is 1. The Morgan fingerprint density at radius 1 is 1.19 bits per heavy atom. The minimum atomic E-state index is -0.644. The van der Waals surface area contributed by atoms with E-state index in [0.717, 1.165) is 47.3 Å². The van der Waals surface area contributed by atoms with Crippen LogP contribution in [0.5, 0.6) is 0 Å². The zero-order chi connectivity index (χ0) is 19.3. The number of fused-ring (bicyclic) bond motifs is 1. The molecule has 3 rings (SSSR count). The number of aromatic nitrogens is 1. The lowest BCUT2D eigenvalue weighted by atomic mass is 9.72. The normalized spacial score (nSPS) is 16.0. The maximum Gasteiger partial charge on any atom is 0.313 e. The number of esters is 1. The van der Waals surface area contributed by atoms with Gasteiger partial charge in [0.15, 0.2) is 6.61 Å². The Morgan fingerprint density at radius 2 is 1.93 bits per heavy atom. The molecule has 0 saturated heterocycles. The Kier molecular flexibility index (Phi) is 6.05. The molecule has 1 heterocycles. The average Bonchev–Trinajstić information content (AvgIpc) is 3.07. The molecule has 1 aromatic carbocycles. The van der Waals surface area contributed by atoms with Crippen LogP contribution in [0.4, 0.5) is 0 Å². The van der Waals surface area contributed by atoms with Gasteiger partial charge in [0.05, 0.1) is 27.2 Å². The molecule has 144 valence electrons. The van der Waals surface area contributed by atoms with Gasteiger partial charge in [0.1, 0.15) is 0 Å². The van der Waals surface area contributed by atoms with Crippen molar-refractivity contribution in [3.05, 3.63) is 29.3 Å². The van der Waals surface area contributed by atoms with Crippen LogP contribution in [-0.2, 0) is 25.5 Å². The van der Waals surface area contributed by atoms with Crippen LogP contribution in [0.25, 0.3) is 10.2 Å². The van der Waals surface area contributed by atoms with Gasteiger partial charge in [0, 0.05) is 6.42 Å². The smallest absolute Gasteiger partial charge is 0.313 e. The van der Waals surface area contributed by atoms with Gasteiger partial charge in [-0.1, -0.05) is 31.4 Å². The van der Waals surface area contributed by atoms with Crippen molar-refractivity contribution in [3.8, 4) is 0 Å². The lowest BCUT2D eigenvalue weighted by Crippen LogP contribution is -2.40. The molecular weight excluding hydrogens is 366 g/mol. The zero-order valence-corrected chi connectivity index (χ0v) is 15.8. The second-order valence-electron chi connectivity index (χ2n) is 6.91. The summed E-state index contributed by atoms with van der Waals surface area (Å²) in [6.45, 7) is -0.680. The highest BCUT2D eigenvalue weighted by molar-refractivity contribution is 7.18. The number of thiazole rings is 1. The quantitative estimate of drug-likeness (QED) is 0.703. The highest BCUT2D eigenvalue weighted by atomic mass is 32.1. The van der Waals surface area contributed by atoms with E-state index in [-0.39, 0.29) is 12.5 Å². The number of hydrogen-bond acceptors (Lipinski definition) is 6. The first-order chi connectivity index (χ1) is 13.0. The van der Waals surface area contributed by atoms with Gasteiger partial charge in [-0.25, -0.2) is 4.98 Å². The van der Waals surface area contributed by atoms with Crippen LogP contribution < -0.4 is 11.1 Å². The molecule has 2 aromatic rings. The Bertz CT molecular complexity index is 809. The molecule has 1 aliphatic rings. The van der Waals surface area contributed by atoms with Gasteiger partial charge in [0.2, 0.25) is 5.91 Å². The summed E-state index contributed by atoms with van der Waals surface area (Å²) in [6.07, 6.45) is 4.97. The third kappa shape index (κ3) is 4.82. The minimum absolute atomic E-state index is 0.271. The maximum atomic E-state index is 12.9. The van der Waals surface area contributed by atoms with Gasteiger partial charge in [0.25, 0.3) is 5.91 Å². The predicted molar refractivity (Wildman–Crippen MR) is 102 cm³/mol. The number of amides is 2. The number of carbonyl (C=O) groups is 3. The van der Waals surface area contributed by atoms with Crippen molar-refractivity contribution >= 4 is 39.3 Å². The fourth-order valence-electron chi connectivity index (χ4n) is 3.49. The third-order valence-electron chi connectivity index (χ3n) is 4.87. The van der Waals surface area contributed by atoms with Crippen LogP contribution in [0.1, 0.15) is 37.1 Å². The van der Waals surface area contributed by atoms with E-state index < -0.39 is 23.8 Å². The monoisotopic (exact) mass is 389 g/mol. The largest absolute Gasteiger partial charge is 0.455 e. The standard InChI is InChI=1S/C19H23N3O4S/c20-15(23)11-21-16(24)12-26-18(25)19(8-4-1-5-9-19)10-17-22-13-6-2-3-7-14(13)27-17/h2-3,6-7H,1,4-5,8-12H2,(H2,20,23)(H,21,24). The van der Waals surface area contributed by atoms with Crippen molar-refractivity contribution in [2.24, 2.45) is 11.1 Å². The molecule has 7 nitrogen and oxygen atoms in total. The number of primary amides is 1. The highest BCUT2D eigenvalue weighted by Gasteiger charge is 2.42. The predicted octanol–water partition coefficient (Wildman–Crippen LogP) is 1.93. The van der Waals surface area contributed by atoms with Crippen molar-refractivity contribution in [2.45, 2.75) is 38.5 Å². The molecule has 1 aromatic heterocycles. The number of carbonyl (C=O) groups excluding carboxylic acids is 3. The lowest BCUT2D eigenvalue weighted by Gasteiger charge is -2.34. The summed E-state index contributed by atoms with van der Waals surface area (Å²) in [7, 11) is 0. The lowest BCUT2D eigenvalue weighted by molar-refractivity contribution is -0.161. The van der Waals surface area contributed by atoms with E-state index in [9.17, 15) is 14.4 Å². The Hall–Kier alpha value is -2.48. The van der Waals surface area contributed by atoms with Crippen LogP contribution in [0, 0.1) is 5.41 Å². The molecule has 1 fully saturated rings. The van der Waals surface area contributed by atoms with Gasteiger partial charge in [-0.05, 0) is 25.0 Å². The molecule has 8 heteroatoms. The van der Waals surface area contributed by atoms with Crippen molar-refractivity contribution in [1.82, 2.24) is 10.3 Å². The van der Waals surface area contributed by atoms with Gasteiger partial charge in [-0.15, -0.1) is 11.3 Å². The van der Waals surface area contributed by atoms with E-state index in [1.54, 1.807) is 11.3 Å². The average molecular weight is 389 g/mol. The Morgan fingerprint density at radius 3 is 2.63 bits per heavy atom. The molecular formula is C19H23N3O4S. The fraction of sp³-hybridized carbons (Fsp3) is 0.474. The second-order valence-corrected chi connectivity index (χ2v) is 8.03. The summed E-state index contributed by atoms with van der Waals surface area (Å²) in [5.74, 6) is -1.54. The number of nitrogens with one attached hydrogen (secondary N) is 1. The summed E-state index contributed by atoms with van der Waals surface area (Å²) in [5.41, 5.74) is 5.28. The van der Waals surface area contributed by atoms with E-state index >= 15 is 0 Å². The van der Waals surface area contributed by atoms with Crippen LogP contribution in [-0.4, -0.2) is 35.9 Å². The Labute approximate surface area is 161 Å². The second kappa shape index (κ2) is 8.47. The molecule has 1 aliphatic carbocycles. The first kappa shape index (κ1) is 19.3. The van der Waals surface area contributed by atoms with Crippen molar-refractivity contribution in [3.63, 3.8) is 0 Å². The summed E-state index contributed by atoms with van der Waals surface area (Å²) in [6, 6.07) is 7.90. The first-order valence-electron chi connectivity index (χ1n) is 9.05.